The van der Waals surface area contributed by atoms with E-state index < -0.39 is 11.8 Å². The van der Waals surface area contributed by atoms with E-state index in [1.807, 2.05) is 0 Å². The molecule has 0 saturated heterocycles. The normalized spacial score (nSPS) is 9.79. The first-order chi connectivity index (χ1) is 9.06. The Hall–Kier alpha value is -2.28. The molecule has 7 nitrogen and oxygen atoms in total. The third-order valence-corrected chi connectivity index (χ3v) is 2.25. The Labute approximate surface area is 110 Å². The molecule has 0 spiro atoms. The number of ether oxygens (including phenoxy) is 2. The standard InChI is InChI=1S/C12H16N2O5/c1-17-9-4-3-8(10(6-9)18-2)5-12(16)14-19-7-11(13)15/h3-4,6H,5,7H2,1-2H3,(H2,13,15)(H,14,16). The van der Waals surface area contributed by atoms with Crippen molar-refractivity contribution >= 4 is 11.8 Å². The fourth-order valence-electron chi connectivity index (χ4n) is 1.39. The van der Waals surface area contributed by atoms with E-state index in [0.29, 0.717) is 17.1 Å². The van der Waals surface area contributed by atoms with Crippen molar-refractivity contribution in [1.82, 2.24) is 5.48 Å². The maximum absolute atomic E-state index is 11.5. The molecular weight excluding hydrogens is 252 g/mol. The molecule has 0 radical (unpaired) electrons. The van der Waals surface area contributed by atoms with Gasteiger partial charge in [-0.05, 0) is 6.07 Å². The van der Waals surface area contributed by atoms with Crippen molar-refractivity contribution in [2.75, 3.05) is 20.8 Å². The van der Waals surface area contributed by atoms with Gasteiger partial charge in [-0.15, -0.1) is 0 Å². The lowest BCUT2D eigenvalue weighted by Gasteiger charge is -2.10. The number of benzene rings is 1. The van der Waals surface area contributed by atoms with Gasteiger partial charge in [0.2, 0.25) is 11.8 Å². The minimum Gasteiger partial charge on any atom is -0.497 e. The van der Waals surface area contributed by atoms with Crippen LogP contribution in [0.25, 0.3) is 0 Å². The van der Waals surface area contributed by atoms with E-state index in [2.05, 4.69) is 10.3 Å². The van der Waals surface area contributed by atoms with Crippen LogP contribution >= 0.6 is 0 Å². The third kappa shape index (κ3) is 4.84. The van der Waals surface area contributed by atoms with Gasteiger partial charge in [0.1, 0.15) is 11.5 Å². The summed E-state index contributed by atoms with van der Waals surface area (Å²) in [6.45, 7) is -0.370. The van der Waals surface area contributed by atoms with E-state index in [0.717, 1.165) is 0 Å². The minimum absolute atomic E-state index is 0.0475. The van der Waals surface area contributed by atoms with E-state index in [9.17, 15) is 9.59 Å². The number of hydroxylamine groups is 1. The Balaban J connectivity index is 2.60. The fraction of sp³-hybridized carbons (Fsp3) is 0.333. The predicted molar refractivity (Wildman–Crippen MR) is 66.5 cm³/mol. The highest BCUT2D eigenvalue weighted by Gasteiger charge is 2.10. The average Bonchev–Trinajstić information content (AvgIpc) is 2.38. The molecule has 0 aliphatic carbocycles. The summed E-state index contributed by atoms with van der Waals surface area (Å²) in [5.41, 5.74) is 7.65. The lowest BCUT2D eigenvalue weighted by atomic mass is 10.1. The molecule has 2 amide bonds. The summed E-state index contributed by atoms with van der Waals surface area (Å²) in [5, 5.41) is 0. The Morgan fingerprint density at radius 3 is 2.58 bits per heavy atom. The van der Waals surface area contributed by atoms with Crippen LogP contribution in [0.4, 0.5) is 0 Å². The highest BCUT2D eigenvalue weighted by Crippen LogP contribution is 2.24. The molecule has 0 unspecified atom stereocenters. The summed E-state index contributed by atoms with van der Waals surface area (Å²) in [5.74, 6) is 0.0856. The molecule has 0 atom stereocenters. The number of hydrogen-bond acceptors (Lipinski definition) is 5. The average molecular weight is 268 g/mol. The molecule has 3 N–H and O–H groups in total. The number of hydrogen-bond donors (Lipinski definition) is 2. The molecule has 0 fully saturated rings. The van der Waals surface area contributed by atoms with Crippen LogP contribution in [0.1, 0.15) is 5.56 Å². The molecular formula is C12H16N2O5. The first kappa shape index (κ1) is 14.8. The molecule has 19 heavy (non-hydrogen) atoms. The summed E-state index contributed by atoms with van der Waals surface area (Å²) >= 11 is 0. The van der Waals surface area contributed by atoms with Gasteiger partial charge >= 0.3 is 0 Å². The Morgan fingerprint density at radius 2 is 2.00 bits per heavy atom. The topological polar surface area (TPSA) is 99.9 Å². The molecule has 0 aliphatic rings. The number of rotatable bonds is 7. The van der Waals surface area contributed by atoms with Gasteiger partial charge in [-0.2, -0.15) is 0 Å². The van der Waals surface area contributed by atoms with Crippen molar-refractivity contribution in [1.29, 1.82) is 0 Å². The number of nitrogens with one attached hydrogen (secondary N) is 1. The number of amides is 2. The molecule has 1 aromatic rings. The number of carbonyl (C=O) groups is 2. The van der Waals surface area contributed by atoms with Crippen LogP contribution in [-0.4, -0.2) is 32.6 Å². The van der Waals surface area contributed by atoms with Crippen LogP contribution < -0.4 is 20.7 Å². The molecule has 104 valence electrons. The van der Waals surface area contributed by atoms with Gasteiger partial charge in [0.15, 0.2) is 6.61 Å². The number of nitrogens with two attached hydrogens (primary N) is 1. The van der Waals surface area contributed by atoms with Crippen molar-refractivity contribution < 1.29 is 23.9 Å². The molecule has 0 saturated carbocycles. The lowest BCUT2D eigenvalue weighted by Crippen LogP contribution is -2.30. The zero-order chi connectivity index (χ0) is 14.3. The first-order valence-electron chi connectivity index (χ1n) is 5.46. The largest absolute Gasteiger partial charge is 0.497 e. The lowest BCUT2D eigenvalue weighted by molar-refractivity contribution is -0.137. The van der Waals surface area contributed by atoms with Crippen molar-refractivity contribution in [3.8, 4) is 11.5 Å². The van der Waals surface area contributed by atoms with Gasteiger partial charge in [0.05, 0.1) is 20.6 Å². The van der Waals surface area contributed by atoms with E-state index in [1.54, 1.807) is 25.3 Å². The SMILES string of the molecule is COc1ccc(CC(=O)NOCC(N)=O)c(OC)c1. The smallest absolute Gasteiger partial charge is 0.248 e. The van der Waals surface area contributed by atoms with Crippen LogP contribution in [0.5, 0.6) is 11.5 Å². The highest BCUT2D eigenvalue weighted by molar-refractivity contribution is 5.79. The molecule has 1 rings (SSSR count). The van der Waals surface area contributed by atoms with Gasteiger partial charge in [-0.25, -0.2) is 5.48 Å². The van der Waals surface area contributed by atoms with Crippen molar-refractivity contribution in [2.45, 2.75) is 6.42 Å². The summed E-state index contributed by atoms with van der Waals surface area (Å²) in [7, 11) is 3.04. The Kier molecular flexibility index (Phi) is 5.62. The van der Waals surface area contributed by atoms with Gasteiger partial charge in [0, 0.05) is 11.6 Å². The molecule has 1 aromatic carbocycles. The summed E-state index contributed by atoms with van der Waals surface area (Å²) in [6.07, 6.45) is 0.0475. The second-order valence-corrected chi connectivity index (χ2v) is 3.63. The van der Waals surface area contributed by atoms with E-state index in [-0.39, 0.29) is 13.0 Å². The molecule has 7 heteroatoms. The maximum Gasteiger partial charge on any atom is 0.248 e. The third-order valence-electron chi connectivity index (χ3n) is 2.25. The maximum atomic E-state index is 11.5. The zero-order valence-corrected chi connectivity index (χ0v) is 10.8. The van der Waals surface area contributed by atoms with E-state index >= 15 is 0 Å². The summed E-state index contributed by atoms with van der Waals surface area (Å²) < 4.78 is 10.2. The quantitative estimate of drug-likeness (QED) is 0.666. The number of primary amides is 1. The number of methoxy groups -OCH3 is 2. The molecule has 0 heterocycles. The Morgan fingerprint density at radius 1 is 1.26 bits per heavy atom. The van der Waals surface area contributed by atoms with Crippen LogP contribution in [-0.2, 0) is 20.8 Å². The van der Waals surface area contributed by atoms with E-state index in [4.69, 9.17) is 15.2 Å². The van der Waals surface area contributed by atoms with Gasteiger partial charge in [-0.3, -0.25) is 14.4 Å². The van der Waals surface area contributed by atoms with Crippen LogP contribution in [0.2, 0.25) is 0 Å². The summed E-state index contributed by atoms with van der Waals surface area (Å²) in [6, 6.07) is 5.10. The minimum atomic E-state index is -0.665. The Bertz CT molecular complexity index is 461. The van der Waals surface area contributed by atoms with Gasteiger partial charge in [0.25, 0.3) is 0 Å². The second-order valence-electron chi connectivity index (χ2n) is 3.63. The predicted octanol–water partition coefficient (Wildman–Crippen LogP) is -0.221. The second kappa shape index (κ2) is 7.22. The van der Waals surface area contributed by atoms with E-state index in [1.165, 1.54) is 7.11 Å². The van der Waals surface area contributed by atoms with Crippen LogP contribution in [0.15, 0.2) is 18.2 Å². The fourth-order valence-corrected chi connectivity index (χ4v) is 1.39. The zero-order valence-electron chi connectivity index (χ0n) is 10.8. The highest BCUT2D eigenvalue weighted by atomic mass is 16.7. The molecule has 0 aliphatic heterocycles. The molecule has 0 bridgehead atoms. The van der Waals surface area contributed by atoms with Crippen LogP contribution in [0, 0.1) is 0 Å². The molecule has 0 aromatic heterocycles. The van der Waals surface area contributed by atoms with Crippen molar-refractivity contribution in [2.24, 2.45) is 5.73 Å². The monoisotopic (exact) mass is 268 g/mol. The van der Waals surface area contributed by atoms with Gasteiger partial charge < -0.3 is 15.2 Å². The van der Waals surface area contributed by atoms with Gasteiger partial charge in [-0.1, -0.05) is 6.07 Å². The first-order valence-corrected chi connectivity index (χ1v) is 5.46. The van der Waals surface area contributed by atoms with Crippen molar-refractivity contribution in [3.05, 3.63) is 23.8 Å². The number of carbonyl (C=O) groups excluding carboxylic acids is 2. The van der Waals surface area contributed by atoms with Crippen LogP contribution in [0.3, 0.4) is 0 Å². The van der Waals surface area contributed by atoms with Crippen molar-refractivity contribution in [3.63, 3.8) is 0 Å². The summed E-state index contributed by atoms with van der Waals surface area (Å²) in [4.78, 5) is 26.6.